The molecule has 1 aromatic carbocycles. The van der Waals surface area contributed by atoms with Gasteiger partial charge in [-0.15, -0.1) is 21.8 Å². The Labute approximate surface area is 110 Å². The van der Waals surface area contributed by atoms with Crippen LogP contribution in [0.1, 0.15) is 6.42 Å². The predicted octanol–water partition coefficient (Wildman–Crippen LogP) is 2.05. The highest BCUT2D eigenvalue weighted by atomic mass is 35.5. The third-order valence-corrected chi connectivity index (χ3v) is 2.66. The van der Waals surface area contributed by atoms with Gasteiger partial charge < -0.3 is 9.88 Å². The van der Waals surface area contributed by atoms with Crippen LogP contribution in [-0.2, 0) is 11.8 Å². The van der Waals surface area contributed by atoms with Crippen molar-refractivity contribution in [1.29, 1.82) is 0 Å². The van der Waals surface area contributed by atoms with Gasteiger partial charge in [-0.2, -0.15) is 0 Å². The predicted molar refractivity (Wildman–Crippen MR) is 70.4 cm³/mol. The molecule has 1 amide bonds. The van der Waals surface area contributed by atoms with Crippen LogP contribution in [0.3, 0.4) is 0 Å². The van der Waals surface area contributed by atoms with E-state index in [9.17, 15) is 4.79 Å². The van der Waals surface area contributed by atoms with Crippen LogP contribution < -0.4 is 5.32 Å². The van der Waals surface area contributed by atoms with Crippen molar-refractivity contribution in [3.05, 3.63) is 30.6 Å². The molecule has 2 rings (SSSR count). The summed E-state index contributed by atoms with van der Waals surface area (Å²) in [6.07, 6.45) is 1.90. The highest BCUT2D eigenvalue weighted by molar-refractivity contribution is 6.19. The summed E-state index contributed by atoms with van der Waals surface area (Å²) in [6, 6.07) is 7.47. The van der Waals surface area contributed by atoms with E-state index in [2.05, 4.69) is 15.5 Å². The van der Waals surface area contributed by atoms with Gasteiger partial charge in [0.25, 0.3) is 0 Å². The number of rotatable bonds is 4. The summed E-state index contributed by atoms with van der Waals surface area (Å²) in [5.41, 5.74) is 1.55. The number of hydrogen-bond acceptors (Lipinski definition) is 3. The van der Waals surface area contributed by atoms with Crippen LogP contribution in [0, 0.1) is 0 Å². The lowest BCUT2D eigenvalue weighted by molar-refractivity contribution is -0.115. The number of carbonyl (C=O) groups is 1. The minimum absolute atomic E-state index is 0.111. The molecule has 5 nitrogen and oxygen atoms in total. The van der Waals surface area contributed by atoms with Gasteiger partial charge in [0, 0.05) is 24.9 Å². The molecule has 2 aromatic rings. The number of aryl methyl sites for hydroxylation is 1. The summed E-state index contributed by atoms with van der Waals surface area (Å²) < 4.78 is 1.80. The van der Waals surface area contributed by atoms with Crippen molar-refractivity contribution in [2.24, 2.45) is 7.05 Å². The standard InChI is InChI=1S/C12H13ClN4O/c1-17-8-14-16-12(17)9-4-2-3-5-10(9)15-11(18)6-7-13/h2-5,8H,6-7H2,1H3,(H,15,18). The maximum absolute atomic E-state index is 11.6. The van der Waals surface area contributed by atoms with Gasteiger partial charge in [-0.05, 0) is 12.1 Å². The van der Waals surface area contributed by atoms with Gasteiger partial charge in [-0.3, -0.25) is 4.79 Å². The number of para-hydroxylation sites is 1. The molecular formula is C12H13ClN4O. The van der Waals surface area contributed by atoms with E-state index in [4.69, 9.17) is 11.6 Å². The lowest BCUT2D eigenvalue weighted by atomic mass is 10.1. The van der Waals surface area contributed by atoms with Gasteiger partial charge in [-0.25, -0.2) is 0 Å². The van der Waals surface area contributed by atoms with Crippen LogP contribution in [0.15, 0.2) is 30.6 Å². The van der Waals surface area contributed by atoms with E-state index in [0.717, 1.165) is 5.56 Å². The van der Waals surface area contributed by atoms with Crippen molar-refractivity contribution < 1.29 is 4.79 Å². The van der Waals surface area contributed by atoms with Crippen LogP contribution in [0.25, 0.3) is 11.4 Å². The topological polar surface area (TPSA) is 59.8 Å². The number of alkyl halides is 1. The van der Waals surface area contributed by atoms with Crippen molar-refractivity contribution in [3.8, 4) is 11.4 Å². The molecule has 0 saturated carbocycles. The van der Waals surface area contributed by atoms with E-state index < -0.39 is 0 Å². The Balaban J connectivity index is 2.32. The largest absolute Gasteiger partial charge is 0.325 e. The molecule has 0 aliphatic heterocycles. The number of halogens is 1. The van der Waals surface area contributed by atoms with E-state index >= 15 is 0 Å². The van der Waals surface area contributed by atoms with E-state index in [1.807, 2.05) is 31.3 Å². The second-order valence-electron chi connectivity index (χ2n) is 3.80. The minimum atomic E-state index is -0.111. The molecule has 0 saturated heterocycles. The Bertz CT molecular complexity index is 553. The van der Waals surface area contributed by atoms with Gasteiger partial charge in [0.2, 0.25) is 5.91 Å². The average Bonchev–Trinajstić information content (AvgIpc) is 2.76. The maximum Gasteiger partial charge on any atom is 0.225 e. The Morgan fingerprint density at radius 2 is 2.22 bits per heavy atom. The number of hydrogen-bond donors (Lipinski definition) is 1. The van der Waals surface area contributed by atoms with Gasteiger partial charge in [0.15, 0.2) is 5.82 Å². The SMILES string of the molecule is Cn1cnnc1-c1ccccc1NC(=O)CCCl. The second kappa shape index (κ2) is 5.64. The molecule has 18 heavy (non-hydrogen) atoms. The number of nitrogens with zero attached hydrogens (tertiary/aromatic N) is 3. The summed E-state index contributed by atoms with van der Waals surface area (Å²) in [6.45, 7) is 0. The second-order valence-corrected chi connectivity index (χ2v) is 4.18. The van der Waals surface area contributed by atoms with E-state index in [-0.39, 0.29) is 12.3 Å². The molecule has 0 bridgehead atoms. The van der Waals surface area contributed by atoms with Crippen molar-refractivity contribution in [3.63, 3.8) is 0 Å². The van der Waals surface area contributed by atoms with Crippen molar-refractivity contribution >= 4 is 23.2 Å². The van der Waals surface area contributed by atoms with Gasteiger partial charge >= 0.3 is 0 Å². The molecule has 0 fully saturated rings. The normalized spacial score (nSPS) is 10.3. The fourth-order valence-corrected chi connectivity index (χ4v) is 1.78. The zero-order valence-electron chi connectivity index (χ0n) is 9.93. The molecule has 0 unspecified atom stereocenters. The van der Waals surface area contributed by atoms with Crippen molar-refractivity contribution in [2.45, 2.75) is 6.42 Å². The molecule has 0 atom stereocenters. The third kappa shape index (κ3) is 2.68. The number of carbonyl (C=O) groups excluding carboxylic acids is 1. The van der Waals surface area contributed by atoms with Crippen LogP contribution in [-0.4, -0.2) is 26.6 Å². The number of aromatic nitrogens is 3. The number of nitrogens with one attached hydrogen (secondary N) is 1. The van der Waals surface area contributed by atoms with Gasteiger partial charge in [-0.1, -0.05) is 12.1 Å². The summed E-state index contributed by atoms with van der Waals surface area (Å²) >= 11 is 5.54. The van der Waals surface area contributed by atoms with Gasteiger partial charge in [0.05, 0.1) is 5.69 Å². The molecule has 0 spiro atoms. The minimum Gasteiger partial charge on any atom is -0.325 e. The van der Waals surface area contributed by atoms with Crippen LogP contribution in [0.4, 0.5) is 5.69 Å². The van der Waals surface area contributed by atoms with E-state index in [0.29, 0.717) is 17.4 Å². The number of anilines is 1. The molecule has 0 aliphatic carbocycles. The number of amides is 1. The van der Waals surface area contributed by atoms with E-state index in [1.165, 1.54) is 0 Å². The van der Waals surface area contributed by atoms with Crippen molar-refractivity contribution in [1.82, 2.24) is 14.8 Å². The first kappa shape index (κ1) is 12.6. The molecular weight excluding hydrogens is 252 g/mol. The van der Waals surface area contributed by atoms with Crippen LogP contribution in [0.5, 0.6) is 0 Å². The summed E-state index contributed by atoms with van der Waals surface area (Å²) in [5.74, 6) is 0.897. The van der Waals surface area contributed by atoms with Crippen LogP contribution >= 0.6 is 11.6 Å². The maximum atomic E-state index is 11.6. The van der Waals surface area contributed by atoms with Gasteiger partial charge in [0.1, 0.15) is 6.33 Å². The van der Waals surface area contributed by atoms with Crippen LogP contribution in [0.2, 0.25) is 0 Å². The zero-order valence-corrected chi connectivity index (χ0v) is 10.7. The molecule has 1 N–H and O–H groups in total. The monoisotopic (exact) mass is 264 g/mol. The first-order valence-electron chi connectivity index (χ1n) is 5.51. The highest BCUT2D eigenvalue weighted by Crippen LogP contribution is 2.25. The zero-order chi connectivity index (χ0) is 13.0. The molecule has 0 radical (unpaired) electrons. The smallest absolute Gasteiger partial charge is 0.225 e. The lowest BCUT2D eigenvalue weighted by Gasteiger charge is -2.09. The Hall–Kier alpha value is -1.88. The molecule has 6 heteroatoms. The first-order valence-corrected chi connectivity index (χ1v) is 6.05. The Kier molecular flexibility index (Phi) is 3.94. The quantitative estimate of drug-likeness (QED) is 0.860. The summed E-state index contributed by atoms with van der Waals surface area (Å²) in [7, 11) is 1.85. The Morgan fingerprint density at radius 1 is 1.44 bits per heavy atom. The molecule has 94 valence electrons. The van der Waals surface area contributed by atoms with E-state index in [1.54, 1.807) is 10.9 Å². The molecule has 0 aliphatic rings. The Morgan fingerprint density at radius 3 is 2.89 bits per heavy atom. The summed E-state index contributed by atoms with van der Waals surface area (Å²) in [4.78, 5) is 11.6. The average molecular weight is 265 g/mol. The number of benzene rings is 1. The molecule has 1 heterocycles. The third-order valence-electron chi connectivity index (χ3n) is 2.47. The fraction of sp³-hybridized carbons (Fsp3) is 0.250. The highest BCUT2D eigenvalue weighted by Gasteiger charge is 2.11. The first-order chi connectivity index (χ1) is 8.72. The van der Waals surface area contributed by atoms with Crippen molar-refractivity contribution in [2.75, 3.05) is 11.2 Å². The fourth-order valence-electron chi connectivity index (χ4n) is 1.61. The molecule has 1 aromatic heterocycles. The lowest BCUT2D eigenvalue weighted by Crippen LogP contribution is -2.12. The summed E-state index contributed by atoms with van der Waals surface area (Å²) in [5, 5.41) is 10.7.